The van der Waals surface area contributed by atoms with Gasteiger partial charge in [-0.05, 0) is 25.2 Å². The number of aromatic nitrogens is 2. The van der Waals surface area contributed by atoms with Crippen molar-refractivity contribution in [3.63, 3.8) is 0 Å². The van der Waals surface area contributed by atoms with Crippen LogP contribution in [-0.4, -0.2) is 23.1 Å². The molecule has 0 aromatic carbocycles. The summed E-state index contributed by atoms with van der Waals surface area (Å²) in [4.78, 5) is 9.22. The molecule has 4 nitrogen and oxygen atoms in total. The number of ether oxygens (including phenoxy) is 1. The molecule has 21 heavy (non-hydrogen) atoms. The van der Waals surface area contributed by atoms with Crippen LogP contribution in [0, 0.1) is 5.92 Å². The number of hydrogen-bond donors (Lipinski definition) is 1. The summed E-state index contributed by atoms with van der Waals surface area (Å²) in [6.07, 6.45) is 6.34. The molecular weight excluding hydrogens is 262 g/mol. The predicted molar refractivity (Wildman–Crippen MR) is 87.0 cm³/mol. The normalized spacial score (nSPS) is 16.2. The molecule has 0 radical (unpaired) electrons. The van der Waals surface area contributed by atoms with Crippen LogP contribution in [0.2, 0.25) is 0 Å². The minimum absolute atomic E-state index is 0.0740. The lowest BCUT2D eigenvalue weighted by Crippen LogP contribution is -2.19. The van der Waals surface area contributed by atoms with Gasteiger partial charge in [-0.25, -0.2) is 4.98 Å². The van der Waals surface area contributed by atoms with Crippen molar-refractivity contribution in [1.29, 1.82) is 0 Å². The number of hydrogen-bond acceptors (Lipinski definition) is 4. The third-order valence-electron chi connectivity index (χ3n) is 3.87. The van der Waals surface area contributed by atoms with Crippen LogP contribution < -0.4 is 10.1 Å². The fourth-order valence-electron chi connectivity index (χ4n) is 2.56. The van der Waals surface area contributed by atoms with Crippen molar-refractivity contribution < 1.29 is 4.74 Å². The molecule has 2 rings (SSSR count). The summed E-state index contributed by atoms with van der Waals surface area (Å²) in [6.45, 7) is 10.2. The first-order chi connectivity index (χ1) is 9.99. The average molecular weight is 291 g/mol. The molecule has 1 N–H and O–H groups in total. The molecule has 4 heteroatoms. The molecule has 1 heterocycles. The van der Waals surface area contributed by atoms with Gasteiger partial charge in [-0.2, -0.15) is 4.98 Å². The van der Waals surface area contributed by atoms with Crippen molar-refractivity contribution >= 4 is 5.82 Å². The van der Waals surface area contributed by atoms with Gasteiger partial charge in [0.25, 0.3) is 0 Å². The fourth-order valence-corrected chi connectivity index (χ4v) is 2.56. The van der Waals surface area contributed by atoms with Crippen molar-refractivity contribution in [2.45, 2.75) is 65.2 Å². The minimum atomic E-state index is -0.0740. The minimum Gasteiger partial charge on any atom is -0.477 e. The summed E-state index contributed by atoms with van der Waals surface area (Å²) >= 11 is 0. The first-order valence-electron chi connectivity index (χ1n) is 8.25. The first-order valence-corrected chi connectivity index (χ1v) is 8.25. The Morgan fingerprint density at radius 2 is 1.95 bits per heavy atom. The molecule has 0 bridgehead atoms. The molecule has 1 aromatic rings. The fraction of sp³-hybridized carbons (Fsp3) is 0.765. The number of nitrogens with one attached hydrogen (secondary N) is 1. The monoisotopic (exact) mass is 291 g/mol. The lowest BCUT2D eigenvalue weighted by atomic mass is 9.96. The summed E-state index contributed by atoms with van der Waals surface area (Å²) in [7, 11) is 0. The van der Waals surface area contributed by atoms with Crippen molar-refractivity contribution in [2.24, 2.45) is 5.92 Å². The standard InChI is InChI=1S/C17H29N3O/c1-5-10-18-14-11-15(20-16(19-14)17(2,3)4)21-12-13-8-6-7-9-13/h11,13H,5-10,12H2,1-4H3,(H,18,19,20). The zero-order valence-electron chi connectivity index (χ0n) is 13.9. The molecule has 1 fully saturated rings. The molecular formula is C17H29N3O. The summed E-state index contributed by atoms with van der Waals surface area (Å²) in [5, 5.41) is 3.34. The van der Waals surface area contributed by atoms with Gasteiger partial charge in [0.15, 0.2) is 0 Å². The van der Waals surface area contributed by atoms with E-state index < -0.39 is 0 Å². The molecule has 0 atom stereocenters. The van der Waals surface area contributed by atoms with Gasteiger partial charge in [-0.3, -0.25) is 0 Å². The van der Waals surface area contributed by atoms with Gasteiger partial charge in [0.2, 0.25) is 5.88 Å². The van der Waals surface area contributed by atoms with E-state index in [1.807, 2.05) is 6.07 Å². The van der Waals surface area contributed by atoms with E-state index in [1.165, 1.54) is 25.7 Å². The van der Waals surface area contributed by atoms with E-state index in [4.69, 9.17) is 4.74 Å². The maximum atomic E-state index is 5.96. The summed E-state index contributed by atoms with van der Waals surface area (Å²) < 4.78 is 5.96. The number of anilines is 1. The molecule has 1 aliphatic rings. The van der Waals surface area contributed by atoms with Gasteiger partial charge in [-0.1, -0.05) is 40.5 Å². The summed E-state index contributed by atoms with van der Waals surface area (Å²) in [5.74, 6) is 3.12. The smallest absolute Gasteiger partial charge is 0.218 e. The maximum absolute atomic E-state index is 5.96. The zero-order valence-corrected chi connectivity index (χ0v) is 13.9. The molecule has 0 aliphatic heterocycles. The highest BCUT2D eigenvalue weighted by atomic mass is 16.5. The summed E-state index contributed by atoms with van der Waals surface area (Å²) in [6, 6.07) is 1.93. The average Bonchev–Trinajstić information content (AvgIpc) is 2.95. The van der Waals surface area contributed by atoms with Crippen LogP contribution in [0.15, 0.2) is 6.07 Å². The Kier molecular flexibility index (Phi) is 5.43. The Labute approximate surface area is 128 Å². The van der Waals surface area contributed by atoms with E-state index in [0.29, 0.717) is 11.8 Å². The zero-order chi connectivity index (χ0) is 15.3. The van der Waals surface area contributed by atoms with Crippen LogP contribution in [0.25, 0.3) is 0 Å². The van der Waals surface area contributed by atoms with Crippen LogP contribution in [0.1, 0.15) is 65.6 Å². The highest BCUT2D eigenvalue weighted by Crippen LogP contribution is 2.27. The quantitative estimate of drug-likeness (QED) is 0.854. The molecule has 0 amide bonds. The lowest BCUT2D eigenvalue weighted by Gasteiger charge is -2.19. The molecule has 0 saturated heterocycles. The maximum Gasteiger partial charge on any atom is 0.218 e. The van der Waals surface area contributed by atoms with E-state index >= 15 is 0 Å². The molecule has 0 spiro atoms. The van der Waals surface area contributed by atoms with E-state index in [0.717, 1.165) is 31.2 Å². The second-order valence-corrected chi connectivity index (χ2v) is 7.05. The van der Waals surface area contributed by atoms with E-state index in [2.05, 4.69) is 43.0 Å². The molecule has 1 aliphatic carbocycles. The Morgan fingerprint density at radius 1 is 1.24 bits per heavy atom. The lowest BCUT2D eigenvalue weighted by molar-refractivity contribution is 0.241. The van der Waals surface area contributed by atoms with Gasteiger partial charge >= 0.3 is 0 Å². The molecule has 118 valence electrons. The highest BCUT2D eigenvalue weighted by molar-refractivity contribution is 5.39. The van der Waals surface area contributed by atoms with Crippen molar-refractivity contribution in [2.75, 3.05) is 18.5 Å². The second kappa shape index (κ2) is 7.10. The SMILES string of the molecule is CCCNc1cc(OCC2CCCC2)nc(C(C)(C)C)n1. The van der Waals surface area contributed by atoms with Gasteiger partial charge in [0, 0.05) is 18.0 Å². The van der Waals surface area contributed by atoms with Crippen molar-refractivity contribution in [3.05, 3.63) is 11.9 Å². The van der Waals surface area contributed by atoms with Crippen LogP contribution in [0.4, 0.5) is 5.82 Å². The van der Waals surface area contributed by atoms with E-state index in [9.17, 15) is 0 Å². The largest absolute Gasteiger partial charge is 0.477 e. The van der Waals surface area contributed by atoms with Gasteiger partial charge in [-0.15, -0.1) is 0 Å². The van der Waals surface area contributed by atoms with Crippen LogP contribution in [0.5, 0.6) is 5.88 Å². The molecule has 1 saturated carbocycles. The van der Waals surface area contributed by atoms with Gasteiger partial charge in [0.1, 0.15) is 11.6 Å². The third kappa shape index (κ3) is 4.87. The third-order valence-corrected chi connectivity index (χ3v) is 3.87. The van der Waals surface area contributed by atoms with Crippen LogP contribution >= 0.6 is 0 Å². The molecule has 0 unspecified atom stereocenters. The van der Waals surface area contributed by atoms with Crippen molar-refractivity contribution in [1.82, 2.24) is 9.97 Å². The van der Waals surface area contributed by atoms with E-state index in [1.54, 1.807) is 0 Å². The Balaban J connectivity index is 2.09. The topological polar surface area (TPSA) is 47.0 Å². The number of rotatable bonds is 6. The van der Waals surface area contributed by atoms with Crippen LogP contribution in [0.3, 0.4) is 0 Å². The van der Waals surface area contributed by atoms with Crippen molar-refractivity contribution in [3.8, 4) is 5.88 Å². The Hall–Kier alpha value is -1.32. The summed E-state index contributed by atoms with van der Waals surface area (Å²) in [5.41, 5.74) is -0.0740. The van der Waals surface area contributed by atoms with Crippen LogP contribution in [-0.2, 0) is 5.41 Å². The number of nitrogens with zero attached hydrogens (tertiary/aromatic N) is 2. The first kappa shape index (κ1) is 16.1. The Bertz CT molecular complexity index is 448. The van der Waals surface area contributed by atoms with E-state index in [-0.39, 0.29) is 5.41 Å². The highest BCUT2D eigenvalue weighted by Gasteiger charge is 2.21. The molecule has 1 aromatic heterocycles. The Morgan fingerprint density at radius 3 is 2.57 bits per heavy atom. The van der Waals surface area contributed by atoms with Gasteiger partial charge < -0.3 is 10.1 Å². The second-order valence-electron chi connectivity index (χ2n) is 7.05. The predicted octanol–water partition coefficient (Wildman–Crippen LogP) is 4.17. The van der Waals surface area contributed by atoms with Gasteiger partial charge in [0.05, 0.1) is 6.61 Å².